The predicted octanol–water partition coefficient (Wildman–Crippen LogP) is 2.75. The Bertz CT molecular complexity index is 845. The number of hydrogen-bond acceptors (Lipinski definition) is 6. The third-order valence-electron chi connectivity index (χ3n) is 5.19. The quantitative estimate of drug-likeness (QED) is 0.680. The minimum Gasteiger partial charge on any atom is -0.313 e. The molecule has 0 unspecified atom stereocenters. The zero-order valence-electron chi connectivity index (χ0n) is 18.5. The van der Waals surface area contributed by atoms with Crippen LogP contribution in [0.2, 0.25) is 0 Å². The molecule has 4 bridgehead atoms. The van der Waals surface area contributed by atoms with E-state index < -0.39 is 0 Å². The molecule has 0 saturated heterocycles. The van der Waals surface area contributed by atoms with Gasteiger partial charge in [-0.1, -0.05) is 43.3 Å². The molecule has 1 aromatic carbocycles. The minimum absolute atomic E-state index is 0.473. The molecule has 2 N–H and O–H groups in total. The van der Waals surface area contributed by atoms with Crippen molar-refractivity contribution in [2.75, 3.05) is 52.4 Å². The Kier molecular flexibility index (Phi) is 10.1. The Morgan fingerprint density at radius 2 is 1.13 bits per heavy atom. The van der Waals surface area contributed by atoms with E-state index in [4.69, 9.17) is 0 Å². The highest BCUT2D eigenvalue weighted by Gasteiger charge is 2.12. The standard InChI is InChI=1S/C25H34N6/c1-21-16-24-6-7-25(21)20-31-15-11-27-9-13-29-18-23-4-2-22(3-5-23)17-28-12-8-26-10-14-30-19-24/h2-7,17-21,26-27H,8-16H2,1H3/b28-17+,29-18+,30-19+,31-20+/t21-/m1/s1. The van der Waals surface area contributed by atoms with Crippen LogP contribution >= 0.6 is 0 Å². The number of nitrogens with one attached hydrogen (secondary N) is 2. The summed E-state index contributed by atoms with van der Waals surface area (Å²) in [6, 6.07) is 8.30. The maximum atomic E-state index is 4.58. The Hall–Kier alpha value is -2.70. The number of hydrogen-bond donors (Lipinski definition) is 2. The molecule has 0 aromatic heterocycles. The van der Waals surface area contributed by atoms with Crippen molar-refractivity contribution in [1.29, 1.82) is 0 Å². The van der Waals surface area contributed by atoms with Crippen LogP contribution in [0.25, 0.3) is 0 Å². The van der Waals surface area contributed by atoms with Gasteiger partial charge in [-0.2, -0.15) is 0 Å². The molecule has 164 valence electrons. The molecule has 6 heteroatoms. The molecule has 6 rings (SSSR count). The summed E-state index contributed by atoms with van der Waals surface area (Å²) in [4.78, 5) is 18.1. The van der Waals surface area contributed by atoms with Crippen LogP contribution in [-0.4, -0.2) is 77.2 Å². The Morgan fingerprint density at radius 1 is 0.645 bits per heavy atom. The first-order valence-electron chi connectivity index (χ1n) is 11.2. The third kappa shape index (κ3) is 8.90. The van der Waals surface area contributed by atoms with Crippen molar-refractivity contribution in [2.45, 2.75) is 13.3 Å². The first kappa shape index (κ1) is 23.0. The fraction of sp³-hybridized carbons (Fsp3) is 0.440. The van der Waals surface area contributed by atoms with E-state index in [2.05, 4.69) is 73.9 Å². The van der Waals surface area contributed by atoms with Crippen LogP contribution in [-0.2, 0) is 0 Å². The van der Waals surface area contributed by atoms with E-state index >= 15 is 0 Å². The van der Waals surface area contributed by atoms with E-state index in [1.807, 2.05) is 24.9 Å². The summed E-state index contributed by atoms with van der Waals surface area (Å²) in [5.74, 6) is 0.473. The van der Waals surface area contributed by atoms with Gasteiger partial charge in [0.15, 0.2) is 0 Å². The minimum atomic E-state index is 0.473. The zero-order chi connectivity index (χ0) is 21.6. The van der Waals surface area contributed by atoms with Crippen LogP contribution in [0.1, 0.15) is 24.5 Å². The molecule has 0 saturated carbocycles. The molecule has 1 aliphatic carbocycles. The van der Waals surface area contributed by atoms with Gasteiger partial charge in [0.2, 0.25) is 0 Å². The summed E-state index contributed by atoms with van der Waals surface area (Å²) < 4.78 is 0. The number of nitrogens with zero attached hydrogens (tertiary/aromatic N) is 4. The van der Waals surface area contributed by atoms with E-state index in [-0.39, 0.29) is 0 Å². The number of aliphatic imine (C=N–C) groups is 4. The lowest BCUT2D eigenvalue weighted by molar-refractivity contribution is 0.690. The highest BCUT2D eigenvalue weighted by atomic mass is 14.9. The molecular formula is C25H34N6. The molecule has 1 atom stereocenters. The lowest BCUT2D eigenvalue weighted by Crippen LogP contribution is -2.21. The molecular weight excluding hydrogens is 384 g/mol. The molecule has 0 amide bonds. The molecule has 4 aliphatic heterocycles. The second kappa shape index (κ2) is 13.6. The fourth-order valence-corrected chi connectivity index (χ4v) is 3.36. The second-order valence-electron chi connectivity index (χ2n) is 7.82. The largest absolute Gasteiger partial charge is 0.313 e. The van der Waals surface area contributed by atoms with Crippen LogP contribution < -0.4 is 10.6 Å². The molecule has 1 aromatic rings. The topological polar surface area (TPSA) is 73.5 Å². The van der Waals surface area contributed by atoms with E-state index in [9.17, 15) is 0 Å². The first-order valence-corrected chi connectivity index (χ1v) is 11.2. The maximum Gasteiger partial charge on any atom is 0.0514 e. The van der Waals surface area contributed by atoms with E-state index in [1.54, 1.807) is 0 Å². The van der Waals surface area contributed by atoms with Crippen molar-refractivity contribution in [3.05, 3.63) is 58.7 Å². The third-order valence-corrected chi connectivity index (χ3v) is 5.19. The Morgan fingerprint density at radius 3 is 1.65 bits per heavy atom. The summed E-state index contributed by atoms with van der Waals surface area (Å²) >= 11 is 0. The van der Waals surface area contributed by atoms with Gasteiger partial charge in [0.05, 0.1) is 26.2 Å². The van der Waals surface area contributed by atoms with Crippen molar-refractivity contribution in [2.24, 2.45) is 25.9 Å². The van der Waals surface area contributed by atoms with Crippen molar-refractivity contribution in [3.8, 4) is 0 Å². The second-order valence-corrected chi connectivity index (χ2v) is 7.82. The molecule has 6 nitrogen and oxygen atoms in total. The van der Waals surface area contributed by atoms with E-state index in [0.717, 1.165) is 69.9 Å². The highest BCUT2D eigenvalue weighted by molar-refractivity contribution is 5.85. The number of rotatable bonds is 0. The number of benzene rings is 1. The SMILES string of the molecule is C[C@@H]1CC2=CC=C1/C=N/CCNCC/N=C/c1ccc(cc1)/C=N/CCNCC/N=C/2. The lowest BCUT2D eigenvalue weighted by Gasteiger charge is -2.17. The van der Waals surface area contributed by atoms with Crippen LogP contribution in [0.4, 0.5) is 0 Å². The average molecular weight is 419 g/mol. The van der Waals surface area contributed by atoms with Crippen molar-refractivity contribution >= 4 is 24.9 Å². The van der Waals surface area contributed by atoms with Gasteiger partial charge in [0, 0.05) is 51.0 Å². The van der Waals surface area contributed by atoms with Gasteiger partial charge in [-0.3, -0.25) is 20.0 Å². The van der Waals surface area contributed by atoms with Crippen LogP contribution in [0, 0.1) is 5.92 Å². The summed E-state index contributed by atoms with van der Waals surface area (Å²) in [6.45, 7) is 8.78. The molecule has 0 spiro atoms. The molecule has 0 fully saturated rings. The van der Waals surface area contributed by atoms with Gasteiger partial charge in [0.25, 0.3) is 0 Å². The molecule has 0 radical (unpaired) electrons. The maximum absolute atomic E-state index is 4.58. The van der Waals surface area contributed by atoms with Crippen LogP contribution in [0.5, 0.6) is 0 Å². The van der Waals surface area contributed by atoms with E-state index in [0.29, 0.717) is 5.92 Å². The van der Waals surface area contributed by atoms with Gasteiger partial charge in [-0.25, -0.2) is 0 Å². The summed E-state index contributed by atoms with van der Waals surface area (Å²) in [5, 5.41) is 6.79. The van der Waals surface area contributed by atoms with Gasteiger partial charge in [-0.05, 0) is 34.6 Å². The van der Waals surface area contributed by atoms with Crippen molar-refractivity contribution in [3.63, 3.8) is 0 Å². The summed E-state index contributed by atoms with van der Waals surface area (Å²) in [5.41, 5.74) is 4.79. The van der Waals surface area contributed by atoms with Gasteiger partial charge < -0.3 is 10.6 Å². The van der Waals surface area contributed by atoms with Gasteiger partial charge in [-0.15, -0.1) is 0 Å². The Balaban J connectivity index is 1.56. The fourth-order valence-electron chi connectivity index (χ4n) is 3.36. The summed E-state index contributed by atoms with van der Waals surface area (Å²) in [7, 11) is 0. The van der Waals surface area contributed by atoms with E-state index in [1.165, 1.54) is 11.1 Å². The Labute approximate surface area is 186 Å². The summed E-state index contributed by atoms with van der Waals surface area (Å²) in [6.07, 6.45) is 13.2. The van der Waals surface area contributed by atoms with Crippen LogP contribution in [0.3, 0.4) is 0 Å². The predicted molar refractivity (Wildman–Crippen MR) is 134 cm³/mol. The van der Waals surface area contributed by atoms with Crippen LogP contribution in [0.15, 0.2) is 67.5 Å². The highest BCUT2D eigenvalue weighted by Crippen LogP contribution is 2.22. The van der Waals surface area contributed by atoms with Crippen molar-refractivity contribution < 1.29 is 0 Å². The first-order chi connectivity index (χ1) is 15.3. The van der Waals surface area contributed by atoms with Crippen molar-refractivity contribution in [1.82, 2.24) is 10.6 Å². The monoisotopic (exact) mass is 418 g/mol. The van der Waals surface area contributed by atoms with Gasteiger partial charge >= 0.3 is 0 Å². The normalized spacial score (nSPS) is 25.9. The molecule has 5 aliphatic rings. The zero-order valence-corrected chi connectivity index (χ0v) is 18.5. The smallest absolute Gasteiger partial charge is 0.0514 e. The number of allylic oxidation sites excluding steroid dienone is 4. The molecule has 4 heterocycles. The molecule has 31 heavy (non-hydrogen) atoms. The average Bonchev–Trinajstić information content (AvgIpc) is 2.78. The lowest BCUT2D eigenvalue weighted by atomic mass is 9.89. The van der Waals surface area contributed by atoms with Gasteiger partial charge in [0.1, 0.15) is 0 Å².